The van der Waals surface area contributed by atoms with Gasteiger partial charge in [0.15, 0.2) is 0 Å². The molecule has 7 heteroatoms. The first-order chi connectivity index (χ1) is 11.9. The van der Waals surface area contributed by atoms with Crippen LogP contribution in [0.3, 0.4) is 0 Å². The van der Waals surface area contributed by atoms with Crippen molar-refractivity contribution in [1.82, 2.24) is 9.80 Å². The maximum atomic E-state index is 13.3. The van der Waals surface area contributed by atoms with E-state index in [0.29, 0.717) is 13.0 Å². The second kappa shape index (κ2) is 7.33. The Bertz CT molecular complexity index is 621. The predicted molar refractivity (Wildman–Crippen MR) is 86.7 cm³/mol. The molecule has 4 nitrogen and oxygen atoms in total. The van der Waals surface area contributed by atoms with E-state index in [0.717, 1.165) is 31.9 Å². The van der Waals surface area contributed by atoms with Gasteiger partial charge in [-0.3, -0.25) is 9.69 Å². The quantitative estimate of drug-likeness (QED) is 0.902. The minimum Gasteiger partial charge on any atom is -0.395 e. The second-order valence-electron chi connectivity index (χ2n) is 6.75. The fraction of sp³-hybridized carbons (Fsp3) is 0.611. The Kier molecular flexibility index (Phi) is 5.34. The number of hydrogen-bond donors (Lipinski definition) is 1. The topological polar surface area (TPSA) is 43.8 Å². The predicted octanol–water partition coefficient (Wildman–Crippen LogP) is 2.65. The molecule has 1 aromatic rings. The molecular formula is C18H23F3N2O2. The van der Waals surface area contributed by atoms with Crippen LogP contribution in [0, 0.1) is 0 Å². The van der Waals surface area contributed by atoms with E-state index in [-0.39, 0.29) is 36.7 Å². The third-order valence-electron chi connectivity index (χ3n) is 5.29. The van der Waals surface area contributed by atoms with Crippen LogP contribution in [0.2, 0.25) is 0 Å². The summed E-state index contributed by atoms with van der Waals surface area (Å²) in [6.07, 6.45) is -1.74. The average molecular weight is 356 g/mol. The molecule has 1 aromatic carbocycles. The molecule has 0 spiro atoms. The van der Waals surface area contributed by atoms with E-state index in [1.807, 2.05) is 0 Å². The van der Waals surface area contributed by atoms with Gasteiger partial charge in [0.05, 0.1) is 12.2 Å². The molecular weight excluding hydrogens is 333 g/mol. The number of alkyl halides is 3. The number of aliphatic hydroxyl groups excluding tert-OH is 1. The monoisotopic (exact) mass is 356 g/mol. The number of rotatable bonds is 4. The summed E-state index contributed by atoms with van der Waals surface area (Å²) in [6.45, 7) is 1.35. The SMILES string of the molecule is O=C1CCC[C@@H]2[C@@H](CCN2CCO)N1Cc1ccccc1C(F)(F)F. The third kappa shape index (κ3) is 3.82. The largest absolute Gasteiger partial charge is 0.416 e. The van der Waals surface area contributed by atoms with Crippen LogP contribution in [-0.2, 0) is 17.5 Å². The van der Waals surface area contributed by atoms with Gasteiger partial charge in [-0.1, -0.05) is 18.2 Å². The Morgan fingerprint density at radius 3 is 2.64 bits per heavy atom. The van der Waals surface area contributed by atoms with Crippen molar-refractivity contribution in [2.24, 2.45) is 0 Å². The summed E-state index contributed by atoms with van der Waals surface area (Å²) < 4.78 is 39.8. The van der Waals surface area contributed by atoms with Crippen molar-refractivity contribution in [2.45, 2.75) is 50.5 Å². The van der Waals surface area contributed by atoms with Crippen LogP contribution in [-0.4, -0.2) is 52.6 Å². The molecule has 0 unspecified atom stereocenters. The van der Waals surface area contributed by atoms with Gasteiger partial charge in [-0.15, -0.1) is 0 Å². The Morgan fingerprint density at radius 1 is 1.16 bits per heavy atom. The van der Waals surface area contributed by atoms with Crippen molar-refractivity contribution < 1.29 is 23.1 Å². The number of nitrogens with zero attached hydrogens (tertiary/aromatic N) is 2. The number of hydrogen-bond acceptors (Lipinski definition) is 3. The van der Waals surface area contributed by atoms with Crippen LogP contribution < -0.4 is 0 Å². The van der Waals surface area contributed by atoms with Crippen molar-refractivity contribution in [1.29, 1.82) is 0 Å². The zero-order valence-electron chi connectivity index (χ0n) is 14.0. The van der Waals surface area contributed by atoms with E-state index in [1.165, 1.54) is 12.1 Å². The number of β-amino-alcohol motifs (C(OH)–C–C–N with tert-alkyl or cyclic N) is 1. The van der Waals surface area contributed by atoms with Gasteiger partial charge in [0.25, 0.3) is 0 Å². The minimum atomic E-state index is -4.43. The molecule has 0 aromatic heterocycles. The van der Waals surface area contributed by atoms with Crippen LogP contribution in [0.4, 0.5) is 13.2 Å². The van der Waals surface area contributed by atoms with Gasteiger partial charge in [0.1, 0.15) is 0 Å². The first-order valence-corrected chi connectivity index (χ1v) is 8.71. The van der Waals surface area contributed by atoms with E-state index in [2.05, 4.69) is 4.90 Å². The molecule has 25 heavy (non-hydrogen) atoms. The normalized spacial score (nSPS) is 25.1. The summed E-state index contributed by atoms with van der Waals surface area (Å²) >= 11 is 0. The number of amides is 1. The minimum absolute atomic E-state index is 0.0113. The molecule has 0 bridgehead atoms. The van der Waals surface area contributed by atoms with Gasteiger partial charge in [-0.05, 0) is 30.9 Å². The van der Waals surface area contributed by atoms with E-state index >= 15 is 0 Å². The molecule has 138 valence electrons. The van der Waals surface area contributed by atoms with Gasteiger partial charge >= 0.3 is 6.18 Å². The van der Waals surface area contributed by atoms with Crippen molar-refractivity contribution >= 4 is 5.91 Å². The third-order valence-corrected chi connectivity index (χ3v) is 5.29. The maximum absolute atomic E-state index is 13.3. The standard InChI is InChI=1S/C18H23F3N2O2/c19-18(20,21)14-5-2-1-4-13(14)12-23-16-8-9-22(10-11-24)15(16)6-3-7-17(23)25/h1-2,4-5,15-16,24H,3,6-12H2/t15-,16-/m1/s1. The zero-order valence-corrected chi connectivity index (χ0v) is 14.0. The molecule has 2 heterocycles. The smallest absolute Gasteiger partial charge is 0.395 e. The van der Waals surface area contributed by atoms with Crippen LogP contribution in [0.25, 0.3) is 0 Å². The molecule has 2 saturated heterocycles. The summed E-state index contributed by atoms with van der Waals surface area (Å²) in [4.78, 5) is 16.4. The molecule has 2 aliphatic heterocycles. The molecule has 1 amide bonds. The molecule has 2 atom stereocenters. The van der Waals surface area contributed by atoms with Crippen LogP contribution in [0.5, 0.6) is 0 Å². The van der Waals surface area contributed by atoms with E-state index in [1.54, 1.807) is 11.0 Å². The molecule has 3 rings (SSSR count). The molecule has 0 saturated carbocycles. The molecule has 2 aliphatic rings. The highest BCUT2D eigenvalue weighted by molar-refractivity contribution is 5.77. The first-order valence-electron chi connectivity index (χ1n) is 8.71. The highest BCUT2D eigenvalue weighted by atomic mass is 19.4. The number of fused-ring (bicyclic) bond motifs is 1. The molecule has 0 aliphatic carbocycles. The fourth-order valence-electron chi connectivity index (χ4n) is 4.16. The number of halogens is 3. The Labute approximate surface area is 145 Å². The lowest BCUT2D eigenvalue weighted by Gasteiger charge is -2.33. The number of aliphatic hydroxyl groups is 1. The zero-order chi connectivity index (χ0) is 18.0. The fourth-order valence-corrected chi connectivity index (χ4v) is 4.16. The van der Waals surface area contributed by atoms with Crippen molar-refractivity contribution in [3.63, 3.8) is 0 Å². The summed E-state index contributed by atoms with van der Waals surface area (Å²) in [5, 5.41) is 9.22. The van der Waals surface area contributed by atoms with Crippen molar-refractivity contribution in [3.05, 3.63) is 35.4 Å². The van der Waals surface area contributed by atoms with Crippen LogP contribution in [0.15, 0.2) is 24.3 Å². The Hall–Kier alpha value is -1.60. The average Bonchev–Trinajstić information content (AvgIpc) is 2.87. The number of carbonyl (C=O) groups excluding carboxylic acids is 1. The molecule has 2 fully saturated rings. The highest BCUT2D eigenvalue weighted by Gasteiger charge is 2.42. The number of benzene rings is 1. The van der Waals surface area contributed by atoms with Gasteiger partial charge in [0, 0.05) is 38.1 Å². The van der Waals surface area contributed by atoms with Crippen molar-refractivity contribution in [3.8, 4) is 0 Å². The molecule has 1 N–H and O–H groups in total. The highest BCUT2D eigenvalue weighted by Crippen LogP contribution is 2.35. The second-order valence-corrected chi connectivity index (χ2v) is 6.75. The maximum Gasteiger partial charge on any atom is 0.416 e. The summed E-state index contributed by atoms with van der Waals surface area (Å²) in [7, 11) is 0. The number of likely N-dealkylation sites (tertiary alicyclic amines) is 2. The van der Waals surface area contributed by atoms with Crippen LogP contribution in [0.1, 0.15) is 36.8 Å². The van der Waals surface area contributed by atoms with Crippen molar-refractivity contribution in [2.75, 3.05) is 19.7 Å². The van der Waals surface area contributed by atoms with Gasteiger partial charge in [0.2, 0.25) is 5.91 Å². The lowest BCUT2D eigenvalue weighted by molar-refractivity contribution is -0.140. The molecule has 0 radical (unpaired) electrons. The number of carbonyl (C=O) groups is 1. The van der Waals surface area contributed by atoms with Gasteiger partial charge < -0.3 is 10.0 Å². The Balaban J connectivity index is 1.87. The summed E-state index contributed by atoms with van der Waals surface area (Å²) in [5.74, 6) is -0.0738. The lowest BCUT2D eigenvalue weighted by Crippen LogP contribution is -2.46. The summed E-state index contributed by atoms with van der Waals surface area (Å²) in [6, 6.07) is 5.52. The van der Waals surface area contributed by atoms with E-state index < -0.39 is 11.7 Å². The van der Waals surface area contributed by atoms with Gasteiger partial charge in [-0.2, -0.15) is 13.2 Å². The first kappa shape index (κ1) is 18.2. The van der Waals surface area contributed by atoms with Gasteiger partial charge in [-0.25, -0.2) is 0 Å². The van der Waals surface area contributed by atoms with E-state index in [4.69, 9.17) is 0 Å². The van der Waals surface area contributed by atoms with E-state index in [9.17, 15) is 23.1 Å². The summed E-state index contributed by atoms with van der Waals surface area (Å²) in [5.41, 5.74) is -0.529. The van der Waals surface area contributed by atoms with Crippen LogP contribution >= 0.6 is 0 Å². The Morgan fingerprint density at radius 2 is 1.92 bits per heavy atom. The lowest BCUT2D eigenvalue weighted by atomic mass is 10.0.